The van der Waals surface area contributed by atoms with Gasteiger partial charge < -0.3 is 0 Å². The molecule has 0 rings (SSSR count). The van der Waals surface area contributed by atoms with Gasteiger partial charge in [0.2, 0.25) is 5.83 Å². The molecule has 0 radical (unpaired) electrons. The molecule has 0 saturated heterocycles. The summed E-state index contributed by atoms with van der Waals surface area (Å²) in [6, 6.07) is 0. The average molecular weight is 550 g/mol. The van der Waals surface area contributed by atoms with Crippen LogP contribution in [-0.2, 0) is 0 Å². The molecule has 0 saturated carbocycles. The molecule has 0 aromatic heterocycles. The summed E-state index contributed by atoms with van der Waals surface area (Å²) in [5.41, 5.74) is -8.03. The van der Waals surface area contributed by atoms with Crippen molar-refractivity contribution in [2.45, 2.75) is 53.8 Å². The Balaban J connectivity index is 7.16. The Hall–Kier alpha value is -1.80. The monoisotopic (exact) mass is 550 g/mol. The summed E-state index contributed by atoms with van der Waals surface area (Å²) >= 11 is 0. The number of hydrogen-bond donors (Lipinski definition) is 0. The molecule has 0 spiro atoms. The van der Waals surface area contributed by atoms with Gasteiger partial charge in [-0.3, -0.25) is 0 Å². The largest absolute Gasteiger partial charge is 0.460 e. The van der Waals surface area contributed by atoms with Crippen molar-refractivity contribution < 1.29 is 96.6 Å². The molecule has 0 aromatic rings. The van der Waals surface area contributed by atoms with Gasteiger partial charge in [-0.1, -0.05) is 0 Å². The van der Waals surface area contributed by atoms with Crippen LogP contribution in [-0.4, -0.2) is 53.8 Å². The minimum atomic E-state index is -8.89. The lowest BCUT2D eigenvalue weighted by molar-refractivity contribution is -0.438. The molecule has 0 N–H and O–H groups in total. The van der Waals surface area contributed by atoms with Crippen molar-refractivity contribution in [1.82, 2.24) is 0 Å². The fraction of sp³-hybridized carbons (Fsp3) is 0.818. The Kier molecular flexibility index (Phi) is 7.19. The summed E-state index contributed by atoms with van der Waals surface area (Å²) in [6.07, 6.45) is -23.8. The normalized spacial score (nSPS) is 17.3. The second-order valence-corrected chi connectivity index (χ2v) is 5.65. The Labute approximate surface area is 163 Å². The van der Waals surface area contributed by atoms with Crippen LogP contribution in [0.3, 0.4) is 0 Å². The quantitative estimate of drug-likeness (QED) is 0.298. The Morgan fingerprint density at radius 3 is 0.818 bits per heavy atom. The minimum Gasteiger partial charge on any atom is -0.215 e. The molecule has 0 nitrogen and oxygen atoms in total. The molecule has 0 bridgehead atoms. The second-order valence-electron chi connectivity index (χ2n) is 5.65. The zero-order valence-corrected chi connectivity index (χ0v) is 13.8. The van der Waals surface area contributed by atoms with Gasteiger partial charge in [0, 0.05) is 0 Å². The summed E-state index contributed by atoms with van der Waals surface area (Å²) in [5, 5.41) is 0. The molecule has 0 heterocycles. The molecule has 33 heavy (non-hydrogen) atoms. The molecule has 0 aliphatic carbocycles. The first kappa shape index (κ1) is 31.2. The van der Waals surface area contributed by atoms with Crippen LogP contribution in [0.4, 0.5) is 96.6 Å². The second kappa shape index (κ2) is 7.60. The highest BCUT2D eigenvalue weighted by molar-refractivity contribution is 5.28. The van der Waals surface area contributed by atoms with Gasteiger partial charge in [-0.15, -0.1) is 0 Å². The summed E-state index contributed by atoms with van der Waals surface area (Å²) in [4.78, 5) is 0. The van der Waals surface area contributed by atoms with Crippen LogP contribution in [0.15, 0.2) is 11.7 Å². The van der Waals surface area contributed by atoms with E-state index in [1.165, 1.54) is 0 Å². The first-order valence-corrected chi connectivity index (χ1v) is 6.66. The maximum atomic E-state index is 13.2. The zero-order chi connectivity index (χ0) is 27.7. The Bertz CT molecular complexity index is 741. The highest BCUT2D eigenvalue weighted by Gasteiger charge is 2.92. The highest BCUT2D eigenvalue weighted by Crippen LogP contribution is 2.62. The van der Waals surface area contributed by atoms with Gasteiger partial charge in [0.1, 0.15) is 0 Å². The minimum absolute atomic E-state index is 5.73. The molecular weight excluding hydrogens is 550 g/mol. The molecule has 0 aliphatic heterocycles. The molecule has 0 aliphatic rings. The van der Waals surface area contributed by atoms with Gasteiger partial charge in [-0.2, -0.15) is 83.4 Å². The van der Waals surface area contributed by atoms with Crippen molar-refractivity contribution in [3.8, 4) is 0 Å². The van der Waals surface area contributed by atoms with Gasteiger partial charge in [0.15, 0.2) is 5.83 Å². The third kappa shape index (κ3) is 4.03. The maximum Gasteiger partial charge on any atom is 0.460 e. The van der Waals surface area contributed by atoms with Crippen LogP contribution in [0.1, 0.15) is 0 Å². The van der Waals surface area contributed by atoms with E-state index in [4.69, 9.17) is 0 Å². The first-order valence-electron chi connectivity index (χ1n) is 6.66. The van der Waals surface area contributed by atoms with E-state index in [0.29, 0.717) is 0 Å². The molecule has 0 unspecified atom stereocenters. The highest BCUT2D eigenvalue weighted by atomic mass is 19.4. The number of hydrogen-bond acceptors (Lipinski definition) is 0. The van der Waals surface area contributed by atoms with Gasteiger partial charge in [0.05, 0.1) is 0 Å². The van der Waals surface area contributed by atoms with Gasteiger partial charge >= 0.3 is 53.8 Å². The van der Waals surface area contributed by atoms with E-state index in [-0.39, 0.29) is 0 Å². The summed E-state index contributed by atoms with van der Waals surface area (Å²) < 4.78 is 277. The van der Waals surface area contributed by atoms with Crippen molar-refractivity contribution in [3.05, 3.63) is 11.7 Å². The van der Waals surface area contributed by atoms with Crippen LogP contribution in [0, 0.1) is 0 Å². The lowest BCUT2D eigenvalue weighted by Gasteiger charge is -2.39. The molecule has 0 amide bonds. The van der Waals surface area contributed by atoms with E-state index in [1.54, 1.807) is 0 Å². The molecule has 0 aromatic carbocycles. The maximum absolute atomic E-state index is 13.2. The van der Waals surface area contributed by atoms with E-state index in [1.807, 2.05) is 0 Å². The molecule has 0 atom stereocenters. The fourth-order valence-corrected chi connectivity index (χ4v) is 1.61. The topological polar surface area (TPSA) is 0 Å². The van der Waals surface area contributed by atoms with Crippen LogP contribution >= 0.6 is 0 Å². The van der Waals surface area contributed by atoms with Gasteiger partial charge in [-0.25, -0.2) is 13.2 Å². The van der Waals surface area contributed by atoms with E-state index in [0.717, 1.165) is 0 Å². The predicted molar refractivity (Wildman–Crippen MR) is 56.0 cm³/mol. The molecular formula is C11F22. The smallest absolute Gasteiger partial charge is 0.215 e. The van der Waals surface area contributed by atoms with Crippen LogP contribution < -0.4 is 0 Å². The number of rotatable bonds is 6. The zero-order valence-electron chi connectivity index (χ0n) is 13.8. The number of halogens is 22. The van der Waals surface area contributed by atoms with Crippen molar-refractivity contribution in [2.75, 3.05) is 0 Å². The SMILES string of the molecule is FC(=C(F)C(F)(C(F)(F)F)C(F)(F)F)C(F)(F)C(F)(F)C(F)(F)C(F)(F)C(F)(F)C(F)(F)F. The van der Waals surface area contributed by atoms with E-state index < -0.39 is 65.5 Å². The summed E-state index contributed by atoms with van der Waals surface area (Å²) in [6.45, 7) is 0. The van der Waals surface area contributed by atoms with Crippen LogP contribution in [0.25, 0.3) is 0 Å². The van der Waals surface area contributed by atoms with Gasteiger partial charge in [0.25, 0.3) is 0 Å². The first-order chi connectivity index (χ1) is 13.8. The molecule has 0 fully saturated rings. The molecule has 22 heteroatoms. The molecule has 198 valence electrons. The van der Waals surface area contributed by atoms with Gasteiger partial charge in [-0.05, 0) is 0 Å². The van der Waals surface area contributed by atoms with Crippen molar-refractivity contribution >= 4 is 0 Å². The van der Waals surface area contributed by atoms with Crippen LogP contribution in [0.5, 0.6) is 0 Å². The van der Waals surface area contributed by atoms with Crippen molar-refractivity contribution in [1.29, 1.82) is 0 Å². The average Bonchev–Trinajstić information content (AvgIpc) is 2.55. The number of allylic oxidation sites excluding steroid dienone is 2. The predicted octanol–water partition coefficient (Wildman–Crippen LogP) is 7.71. The lowest BCUT2D eigenvalue weighted by Crippen LogP contribution is -2.70. The lowest BCUT2D eigenvalue weighted by atomic mass is 9.91. The van der Waals surface area contributed by atoms with Crippen molar-refractivity contribution in [3.63, 3.8) is 0 Å². The Morgan fingerprint density at radius 1 is 0.303 bits per heavy atom. The Morgan fingerprint density at radius 2 is 0.576 bits per heavy atom. The van der Waals surface area contributed by atoms with Crippen LogP contribution in [0.2, 0.25) is 0 Å². The summed E-state index contributed by atoms with van der Waals surface area (Å²) in [5.74, 6) is -54.9. The fourth-order valence-electron chi connectivity index (χ4n) is 1.61. The van der Waals surface area contributed by atoms with E-state index in [2.05, 4.69) is 0 Å². The summed E-state index contributed by atoms with van der Waals surface area (Å²) in [7, 11) is 0. The van der Waals surface area contributed by atoms with E-state index >= 15 is 0 Å². The van der Waals surface area contributed by atoms with E-state index in [9.17, 15) is 96.6 Å². The number of alkyl halides is 20. The third-order valence-corrected chi connectivity index (χ3v) is 3.49. The third-order valence-electron chi connectivity index (χ3n) is 3.49. The standard InChI is InChI=1S/C11F22/c12-1(3(14,9(25,26)27)10(28,29)30)2(13)4(15,16)5(17,18)6(19,20)7(21,22)8(23,24)11(31,32)33. The van der Waals surface area contributed by atoms with Crippen molar-refractivity contribution in [2.24, 2.45) is 0 Å².